The molecule has 3 aromatic carbocycles. The lowest BCUT2D eigenvalue weighted by Crippen LogP contribution is -2.32. The molecule has 3 aromatic rings. The van der Waals surface area contributed by atoms with Gasteiger partial charge in [0, 0.05) is 10.6 Å². The summed E-state index contributed by atoms with van der Waals surface area (Å²) in [6, 6.07) is 19.2. The van der Waals surface area contributed by atoms with Gasteiger partial charge in [-0.2, -0.15) is 0 Å². The predicted molar refractivity (Wildman–Crippen MR) is 145 cm³/mol. The molecule has 0 radical (unpaired) electrons. The first-order valence-electron chi connectivity index (χ1n) is 12.0. The van der Waals surface area contributed by atoms with Gasteiger partial charge in [-0.3, -0.25) is 9.69 Å². The van der Waals surface area contributed by atoms with Gasteiger partial charge < -0.3 is 14.2 Å². The van der Waals surface area contributed by atoms with Gasteiger partial charge in [-0.15, -0.1) is 0 Å². The van der Waals surface area contributed by atoms with E-state index in [-0.39, 0.29) is 18.2 Å². The molecule has 0 fully saturated rings. The van der Waals surface area contributed by atoms with Crippen molar-refractivity contribution < 1.29 is 23.8 Å². The van der Waals surface area contributed by atoms with Crippen molar-refractivity contribution in [2.24, 2.45) is 4.99 Å². The number of hydrogen-bond donors (Lipinski definition) is 0. The Kier molecular flexibility index (Phi) is 8.25. The molecule has 1 aliphatic heterocycles. The summed E-state index contributed by atoms with van der Waals surface area (Å²) in [5.41, 5.74) is 2.69. The zero-order valence-electron chi connectivity index (χ0n) is 20.9. The van der Waals surface area contributed by atoms with Crippen molar-refractivity contribution in [1.29, 1.82) is 0 Å². The summed E-state index contributed by atoms with van der Waals surface area (Å²) in [6.45, 7) is 6.83. The lowest BCUT2D eigenvalue weighted by molar-refractivity contribution is -0.113. The van der Waals surface area contributed by atoms with Crippen LogP contribution in [0.2, 0.25) is 5.02 Å². The van der Waals surface area contributed by atoms with E-state index in [0.717, 1.165) is 11.1 Å². The highest BCUT2D eigenvalue weighted by atomic mass is 35.5. The van der Waals surface area contributed by atoms with Crippen LogP contribution in [0.3, 0.4) is 0 Å². The Morgan fingerprint density at radius 1 is 0.892 bits per heavy atom. The minimum atomic E-state index is -0.422. The molecule has 7 nitrogen and oxygen atoms in total. The van der Waals surface area contributed by atoms with Crippen LogP contribution in [0.1, 0.15) is 42.3 Å². The van der Waals surface area contributed by atoms with Gasteiger partial charge in [-0.1, -0.05) is 17.7 Å². The number of anilines is 1. The quantitative estimate of drug-likeness (QED) is 0.251. The molecule has 0 atom stereocenters. The smallest absolute Gasteiger partial charge is 0.338 e. The Hall–Kier alpha value is -4.10. The van der Waals surface area contributed by atoms with Crippen LogP contribution in [0.25, 0.3) is 6.08 Å². The number of benzene rings is 3. The molecule has 4 rings (SSSR count). The van der Waals surface area contributed by atoms with Gasteiger partial charge in [0.25, 0.3) is 5.91 Å². The monoisotopic (exact) mass is 518 g/mol. The number of nitrogens with zero attached hydrogens (tertiary/aromatic N) is 2. The first-order valence-corrected chi connectivity index (χ1v) is 12.4. The molecule has 0 N–H and O–H groups in total. The average Bonchev–Trinajstić information content (AvgIpc) is 3.22. The number of carbonyl (C=O) groups excluding carboxylic acids is 2. The second-order valence-electron chi connectivity index (χ2n) is 7.95. The molecule has 0 bridgehead atoms. The Morgan fingerprint density at radius 2 is 1.57 bits per heavy atom. The molecule has 1 amide bonds. The summed E-state index contributed by atoms with van der Waals surface area (Å²) in [7, 11) is 0. The molecule has 1 heterocycles. The van der Waals surface area contributed by atoms with Gasteiger partial charge in [0.15, 0.2) is 11.5 Å². The first kappa shape index (κ1) is 26.0. The standard InChI is InChI=1S/C29H27ClN2O5/c1-4-35-25-16-7-19(18-26(25)36-5-2)17-24-28(33)32(27(31-24)20-8-12-22(30)13-9-20)23-14-10-21(11-15-23)29(34)37-6-3/h7-18H,4-6H2,1-3H3. The van der Waals surface area contributed by atoms with Crippen LogP contribution >= 0.6 is 11.6 Å². The lowest BCUT2D eigenvalue weighted by Gasteiger charge is -2.19. The molecular weight excluding hydrogens is 492 g/mol. The van der Waals surface area contributed by atoms with Crippen molar-refractivity contribution in [3.63, 3.8) is 0 Å². The fourth-order valence-corrected chi connectivity index (χ4v) is 3.95. The van der Waals surface area contributed by atoms with Gasteiger partial charge in [0.05, 0.1) is 31.1 Å². The average molecular weight is 519 g/mol. The van der Waals surface area contributed by atoms with Crippen LogP contribution in [0.15, 0.2) is 77.4 Å². The molecule has 0 saturated carbocycles. The van der Waals surface area contributed by atoms with Crippen LogP contribution < -0.4 is 14.4 Å². The van der Waals surface area contributed by atoms with Crippen LogP contribution in [-0.4, -0.2) is 37.5 Å². The summed E-state index contributed by atoms with van der Waals surface area (Å²) < 4.78 is 16.4. The highest BCUT2D eigenvalue weighted by Crippen LogP contribution is 2.32. The van der Waals surface area contributed by atoms with Crippen molar-refractivity contribution in [1.82, 2.24) is 0 Å². The van der Waals surface area contributed by atoms with Gasteiger partial charge in [0.2, 0.25) is 0 Å². The Bertz CT molecular complexity index is 1350. The van der Waals surface area contributed by atoms with Crippen molar-refractivity contribution in [3.8, 4) is 11.5 Å². The second kappa shape index (κ2) is 11.8. The maximum atomic E-state index is 13.6. The zero-order chi connectivity index (χ0) is 26.4. The summed E-state index contributed by atoms with van der Waals surface area (Å²) in [5, 5.41) is 0.577. The highest BCUT2D eigenvalue weighted by molar-refractivity contribution is 6.34. The molecule has 0 saturated heterocycles. The summed E-state index contributed by atoms with van der Waals surface area (Å²) >= 11 is 6.09. The zero-order valence-corrected chi connectivity index (χ0v) is 21.6. The van der Waals surface area contributed by atoms with Crippen molar-refractivity contribution in [2.45, 2.75) is 20.8 Å². The summed E-state index contributed by atoms with van der Waals surface area (Å²) in [5.74, 6) is 0.957. The second-order valence-corrected chi connectivity index (χ2v) is 8.39. The molecule has 0 aliphatic carbocycles. The molecular formula is C29H27ClN2O5. The van der Waals surface area contributed by atoms with E-state index in [1.807, 2.05) is 32.0 Å². The number of esters is 1. The number of rotatable bonds is 9. The molecule has 8 heteroatoms. The van der Waals surface area contributed by atoms with Crippen LogP contribution in [-0.2, 0) is 9.53 Å². The van der Waals surface area contributed by atoms with E-state index in [2.05, 4.69) is 0 Å². The largest absolute Gasteiger partial charge is 0.490 e. The lowest BCUT2D eigenvalue weighted by atomic mass is 10.1. The minimum absolute atomic E-state index is 0.256. The van der Waals surface area contributed by atoms with Crippen molar-refractivity contribution in [2.75, 3.05) is 24.7 Å². The molecule has 0 aromatic heterocycles. The van der Waals surface area contributed by atoms with Crippen LogP contribution in [0.5, 0.6) is 11.5 Å². The molecule has 0 unspecified atom stereocenters. The summed E-state index contributed by atoms with van der Waals surface area (Å²) in [6.07, 6.45) is 1.71. The Morgan fingerprint density at radius 3 is 2.22 bits per heavy atom. The van der Waals surface area contributed by atoms with Crippen LogP contribution in [0.4, 0.5) is 5.69 Å². The van der Waals surface area contributed by atoms with Gasteiger partial charge in [0.1, 0.15) is 11.5 Å². The number of aliphatic imine (C=N–C) groups is 1. The minimum Gasteiger partial charge on any atom is -0.490 e. The van der Waals surface area contributed by atoms with Gasteiger partial charge in [-0.25, -0.2) is 9.79 Å². The fraction of sp³-hybridized carbons (Fsp3) is 0.207. The molecule has 1 aliphatic rings. The maximum Gasteiger partial charge on any atom is 0.338 e. The third-order valence-electron chi connectivity index (χ3n) is 5.47. The maximum absolute atomic E-state index is 13.6. The molecule has 0 spiro atoms. The number of amides is 1. The van der Waals surface area contributed by atoms with E-state index in [4.69, 9.17) is 30.8 Å². The number of carbonyl (C=O) groups is 2. The molecule has 37 heavy (non-hydrogen) atoms. The highest BCUT2D eigenvalue weighted by Gasteiger charge is 2.32. The number of halogens is 1. The van der Waals surface area contributed by atoms with E-state index in [1.165, 1.54) is 4.90 Å². The van der Waals surface area contributed by atoms with E-state index in [1.54, 1.807) is 61.5 Å². The number of hydrogen-bond acceptors (Lipinski definition) is 6. The van der Waals surface area contributed by atoms with E-state index >= 15 is 0 Å². The van der Waals surface area contributed by atoms with E-state index in [9.17, 15) is 9.59 Å². The number of amidine groups is 1. The Labute approximate surface area is 220 Å². The third-order valence-corrected chi connectivity index (χ3v) is 5.72. The van der Waals surface area contributed by atoms with Crippen molar-refractivity contribution in [3.05, 3.63) is 94.1 Å². The SMILES string of the molecule is CCOC(=O)c1ccc(N2C(=O)C(=Cc3ccc(OCC)c(OCC)c3)N=C2c2ccc(Cl)cc2)cc1. The van der Waals surface area contributed by atoms with Gasteiger partial charge >= 0.3 is 5.97 Å². The predicted octanol–water partition coefficient (Wildman–Crippen LogP) is 6.15. The third kappa shape index (κ3) is 5.84. The van der Waals surface area contributed by atoms with E-state index in [0.29, 0.717) is 46.8 Å². The topological polar surface area (TPSA) is 77.4 Å². The van der Waals surface area contributed by atoms with Crippen LogP contribution in [0, 0.1) is 0 Å². The van der Waals surface area contributed by atoms with E-state index < -0.39 is 5.97 Å². The molecule has 190 valence electrons. The first-order chi connectivity index (χ1) is 17.9. The Balaban J connectivity index is 1.74. The fourth-order valence-electron chi connectivity index (χ4n) is 3.83. The number of ether oxygens (including phenoxy) is 3. The van der Waals surface area contributed by atoms with Crippen molar-refractivity contribution >= 4 is 41.1 Å². The van der Waals surface area contributed by atoms with Gasteiger partial charge in [-0.05, 0) is 93.1 Å². The normalized spacial score (nSPS) is 14.1. The summed E-state index contributed by atoms with van der Waals surface area (Å²) in [4.78, 5) is 31.9.